The van der Waals surface area contributed by atoms with Crippen LogP contribution in [0.5, 0.6) is 0 Å². The highest BCUT2D eigenvalue weighted by Gasteiger charge is 2.15. The van der Waals surface area contributed by atoms with Crippen molar-refractivity contribution in [3.8, 4) is 78.7 Å². The Morgan fingerprint density at radius 3 is 0.938 bits per heavy atom. The summed E-state index contributed by atoms with van der Waals surface area (Å²) in [5.74, 6) is 1.94. The molecule has 0 spiro atoms. The predicted molar refractivity (Wildman–Crippen MR) is 198 cm³/mol. The number of nitrogens with zero attached hydrogens (tertiary/aromatic N) is 3. The molecule has 1 heterocycles. The molecule has 0 aliphatic carbocycles. The van der Waals surface area contributed by atoms with Crippen LogP contribution in [0.3, 0.4) is 0 Å². The van der Waals surface area contributed by atoms with Crippen molar-refractivity contribution in [3.05, 3.63) is 188 Å². The van der Waals surface area contributed by atoms with Gasteiger partial charge in [0.1, 0.15) is 0 Å². The fourth-order valence-corrected chi connectivity index (χ4v) is 6.06. The first-order valence-electron chi connectivity index (χ1n) is 16.1. The van der Waals surface area contributed by atoms with E-state index in [1.165, 1.54) is 22.3 Å². The van der Waals surface area contributed by atoms with Crippen LogP contribution in [-0.4, -0.2) is 15.0 Å². The molecule has 0 radical (unpaired) electrons. The Balaban J connectivity index is 1.19. The highest BCUT2D eigenvalue weighted by Crippen LogP contribution is 2.37. The van der Waals surface area contributed by atoms with Crippen molar-refractivity contribution in [2.45, 2.75) is 0 Å². The summed E-state index contributed by atoms with van der Waals surface area (Å²) in [6.45, 7) is 0. The van der Waals surface area contributed by atoms with E-state index in [0.29, 0.717) is 17.5 Å². The predicted octanol–water partition coefficient (Wildman–Crippen LogP) is 11.5. The zero-order chi connectivity index (χ0) is 32.1. The van der Waals surface area contributed by atoms with Crippen molar-refractivity contribution in [2.24, 2.45) is 0 Å². The van der Waals surface area contributed by atoms with Crippen LogP contribution in [0.2, 0.25) is 0 Å². The Morgan fingerprint density at radius 1 is 0.208 bits per heavy atom. The first kappa shape index (κ1) is 29.0. The van der Waals surface area contributed by atoms with Crippen LogP contribution in [0.4, 0.5) is 0 Å². The molecule has 0 atom stereocenters. The third-order valence-electron chi connectivity index (χ3n) is 8.58. The Bertz CT molecular complexity index is 2230. The van der Waals surface area contributed by atoms with Crippen LogP contribution in [0.25, 0.3) is 78.7 Å². The molecule has 0 aliphatic heterocycles. The number of benzene rings is 7. The molecule has 0 amide bonds. The molecule has 226 valence electrons. The summed E-state index contributed by atoms with van der Waals surface area (Å²) in [4.78, 5) is 14.8. The molecule has 0 saturated heterocycles. The van der Waals surface area contributed by atoms with Crippen molar-refractivity contribution in [1.82, 2.24) is 15.0 Å². The smallest absolute Gasteiger partial charge is 0.164 e. The molecule has 7 aromatic carbocycles. The first-order valence-corrected chi connectivity index (χ1v) is 16.1. The molecule has 48 heavy (non-hydrogen) atoms. The van der Waals surface area contributed by atoms with Gasteiger partial charge in [-0.3, -0.25) is 0 Å². The molecule has 8 aromatic rings. The summed E-state index contributed by atoms with van der Waals surface area (Å²) in [6.07, 6.45) is 0. The number of rotatable bonds is 7. The summed E-state index contributed by atoms with van der Waals surface area (Å²) >= 11 is 0. The van der Waals surface area contributed by atoms with Gasteiger partial charge in [0.25, 0.3) is 0 Å². The van der Waals surface area contributed by atoms with Gasteiger partial charge in [-0.25, -0.2) is 15.0 Å². The van der Waals surface area contributed by atoms with E-state index in [4.69, 9.17) is 15.0 Å². The Labute approximate surface area is 280 Å². The van der Waals surface area contributed by atoms with Crippen molar-refractivity contribution < 1.29 is 0 Å². The third-order valence-corrected chi connectivity index (χ3v) is 8.58. The van der Waals surface area contributed by atoms with E-state index < -0.39 is 0 Å². The molecule has 0 bridgehead atoms. The average Bonchev–Trinajstić information content (AvgIpc) is 3.19. The van der Waals surface area contributed by atoms with Gasteiger partial charge in [0.15, 0.2) is 17.5 Å². The fraction of sp³-hybridized carbons (Fsp3) is 0. The lowest BCUT2D eigenvalue weighted by atomic mass is 9.91. The number of aromatic nitrogens is 3. The van der Waals surface area contributed by atoms with Crippen molar-refractivity contribution >= 4 is 0 Å². The molecule has 3 heteroatoms. The molecule has 0 aliphatic rings. The van der Waals surface area contributed by atoms with E-state index in [9.17, 15) is 0 Å². The maximum absolute atomic E-state index is 4.98. The average molecular weight is 614 g/mol. The quantitative estimate of drug-likeness (QED) is 0.179. The van der Waals surface area contributed by atoms with Crippen molar-refractivity contribution in [3.63, 3.8) is 0 Å². The second-order valence-corrected chi connectivity index (χ2v) is 11.7. The lowest BCUT2D eigenvalue weighted by Gasteiger charge is -2.14. The van der Waals surface area contributed by atoms with Crippen LogP contribution < -0.4 is 0 Å². The summed E-state index contributed by atoms with van der Waals surface area (Å²) < 4.78 is 0. The van der Waals surface area contributed by atoms with Gasteiger partial charge in [-0.15, -0.1) is 0 Å². The van der Waals surface area contributed by atoms with Gasteiger partial charge in [-0.2, -0.15) is 0 Å². The summed E-state index contributed by atoms with van der Waals surface area (Å²) in [5, 5.41) is 0. The van der Waals surface area contributed by atoms with Gasteiger partial charge >= 0.3 is 0 Å². The van der Waals surface area contributed by atoms with Crippen LogP contribution in [-0.2, 0) is 0 Å². The topological polar surface area (TPSA) is 38.7 Å². The van der Waals surface area contributed by atoms with Crippen LogP contribution in [0.15, 0.2) is 188 Å². The molecule has 8 rings (SSSR count). The van der Waals surface area contributed by atoms with E-state index in [1.54, 1.807) is 0 Å². The number of hydrogen-bond donors (Lipinski definition) is 0. The minimum Gasteiger partial charge on any atom is -0.208 e. The summed E-state index contributed by atoms with van der Waals surface area (Å²) in [7, 11) is 0. The second-order valence-electron chi connectivity index (χ2n) is 11.7. The lowest BCUT2D eigenvalue weighted by molar-refractivity contribution is 1.07. The second kappa shape index (κ2) is 13.1. The van der Waals surface area contributed by atoms with E-state index >= 15 is 0 Å². The van der Waals surface area contributed by atoms with Gasteiger partial charge in [0.2, 0.25) is 0 Å². The van der Waals surface area contributed by atoms with E-state index in [2.05, 4.69) is 121 Å². The lowest BCUT2D eigenvalue weighted by Crippen LogP contribution is -2.00. The van der Waals surface area contributed by atoms with Gasteiger partial charge in [0.05, 0.1) is 0 Å². The monoisotopic (exact) mass is 613 g/mol. The van der Waals surface area contributed by atoms with Crippen molar-refractivity contribution in [1.29, 1.82) is 0 Å². The highest BCUT2D eigenvalue weighted by molar-refractivity contribution is 5.87. The minimum absolute atomic E-state index is 0.640. The van der Waals surface area contributed by atoms with Crippen LogP contribution in [0, 0.1) is 0 Å². The third kappa shape index (κ3) is 6.05. The van der Waals surface area contributed by atoms with Crippen LogP contribution in [0.1, 0.15) is 0 Å². The fourth-order valence-electron chi connectivity index (χ4n) is 6.06. The SMILES string of the molecule is c1ccc(-c2ccc(-c3ccc(-c4ccc(-c5nc(-c6ccccc6)nc(-c6ccccc6)n5)cc4-c4ccccc4)cc3)cc2)cc1. The molecule has 0 saturated carbocycles. The molecule has 0 N–H and O–H groups in total. The van der Waals surface area contributed by atoms with Gasteiger partial charge < -0.3 is 0 Å². The van der Waals surface area contributed by atoms with Crippen LogP contribution >= 0.6 is 0 Å². The minimum atomic E-state index is 0.640. The molecular formula is C45H31N3. The molecule has 1 aromatic heterocycles. The molecule has 0 unspecified atom stereocenters. The van der Waals surface area contributed by atoms with Gasteiger partial charge in [-0.1, -0.05) is 182 Å². The Morgan fingerprint density at radius 2 is 0.500 bits per heavy atom. The molecule has 3 nitrogen and oxygen atoms in total. The highest BCUT2D eigenvalue weighted by atomic mass is 15.0. The Hall–Kier alpha value is -6.45. The van der Waals surface area contributed by atoms with E-state index in [-0.39, 0.29) is 0 Å². The standard InChI is InChI=1S/C45H31N3/c1-5-13-32(14-6-1)33-21-23-34(24-22-33)35-25-27-37(28-26-35)41-30-29-40(31-42(41)36-15-7-2-8-16-36)45-47-43(38-17-9-3-10-18-38)46-44(48-45)39-19-11-4-12-20-39/h1-31H. The maximum Gasteiger partial charge on any atom is 0.164 e. The molecule has 0 fully saturated rings. The van der Waals surface area contributed by atoms with E-state index in [1.807, 2.05) is 66.7 Å². The van der Waals surface area contributed by atoms with Gasteiger partial charge in [-0.05, 0) is 50.6 Å². The maximum atomic E-state index is 4.98. The molecular weight excluding hydrogens is 583 g/mol. The largest absolute Gasteiger partial charge is 0.208 e. The zero-order valence-electron chi connectivity index (χ0n) is 26.2. The van der Waals surface area contributed by atoms with Gasteiger partial charge in [0, 0.05) is 16.7 Å². The Kier molecular flexibility index (Phi) is 7.92. The normalized spacial score (nSPS) is 10.9. The van der Waals surface area contributed by atoms with Crippen molar-refractivity contribution in [2.75, 3.05) is 0 Å². The summed E-state index contributed by atoms with van der Waals surface area (Å²) in [5.41, 5.74) is 12.2. The summed E-state index contributed by atoms with van der Waals surface area (Å²) in [6, 6.07) is 65.3. The number of hydrogen-bond acceptors (Lipinski definition) is 3. The zero-order valence-corrected chi connectivity index (χ0v) is 26.2. The van der Waals surface area contributed by atoms with E-state index in [0.717, 1.165) is 38.9 Å². The first-order chi connectivity index (χ1) is 23.8.